The molecule has 1 saturated heterocycles. The second kappa shape index (κ2) is 4.83. The highest BCUT2D eigenvalue weighted by atomic mass is 79.9. The molecule has 0 aliphatic carbocycles. The van der Waals surface area contributed by atoms with Gasteiger partial charge in [-0.15, -0.1) is 0 Å². The van der Waals surface area contributed by atoms with Crippen molar-refractivity contribution in [1.82, 2.24) is 10.2 Å². The van der Waals surface area contributed by atoms with E-state index in [9.17, 15) is 14.0 Å². The summed E-state index contributed by atoms with van der Waals surface area (Å²) in [5.74, 6) is -0.857. The first-order valence-electron chi connectivity index (χ1n) is 5.09. The van der Waals surface area contributed by atoms with Crippen LogP contribution in [0.25, 0.3) is 0 Å². The topological polar surface area (TPSA) is 49.4 Å². The van der Waals surface area contributed by atoms with Crippen molar-refractivity contribution >= 4 is 27.7 Å². The summed E-state index contributed by atoms with van der Waals surface area (Å²) in [7, 11) is 0. The summed E-state index contributed by atoms with van der Waals surface area (Å²) < 4.78 is 13.3. The molecule has 0 aromatic heterocycles. The number of nitrogens with zero attached hydrogens (tertiary/aromatic N) is 1. The highest BCUT2D eigenvalue weighted by Gasteiger charge is 2.22. The van der Waals surface area contributed by atoms with Gasteiger partial charge in [-0.3, -0.25) is 9.59 Å². The number of piperazine rings is 1. The van der Waals surface area contributed by atoms with Crippen molar-refractivity contribution < 1.29 is 14.0 Å². The Balaban J connectivity index is 2.18. The number of rotatable bonds is 1. The molecule has 2 rings (SSSR count). The van der Waals surface area contributed by atoms with E-state index in [4.69, 9.17) is 0 Å². The Hall–Kier alpha value is -1.43. The van der Waals surface area contributed by atoms with Gasteiger partial charge in [-0.1, -0.05) is 0 Å². The number of carbonyl (C=O) groups is 2. The van der Waals surface area contributed by atoms with Crippen LogP contribution in [0.5, 0.6) is 0 Å². The zero-order valence-electron chi connectivity index (χ0n) is 8.87. The third-order valence-electron chi connectivity index (χ3n) is 2.49. The van der Waals surface area contributed by atoms with Gasteiger partial charge in [0.05, 0.1) is 11.0 Å². The molecule has 0 saturated carbocycles. The SMILES string of the molecule is O=C1CN(C(=O)c2ccc(F)c(Br)c2)CCN1. The second-order valence-corrected chi connectivity index (χ2v) is 4.56. The summed E-state index contributed by atoms with van der Waals surface area (Å²) in [6.07, 6.45) is 0. The third-order valence-corrected chi connectivity index (χ3v) is 3.10. The predicted molar refractivity (Wildman–Crippen MR) is 63.0 cm³/mol. The summed E-state index contributed by atoms with van der Waals surface area (Å²) in [5, 5.41) is 2.64. The minimum atomic E-state index is -0.419. The Morgan fingerprint density at radius 1 is 1.47 bits per heavy atom. The Bertz CT molecular complexity index is 479. The van der Waals surface area contributed by atoms with Crippen molar-refractivity contribution in [2.24, 2.45) is 0 Å². The van der Waals surface area contributed by atoms with Gasteiger partial charge in [-0.05, 0) is 34.1 Å². The van der Waals surface area contributed by atoms with Crippen LogP contribution in [0.3, 0.4) is 0 Å². The second-order valence-electron chi connectivity index (χ2n) is 3.71. The van der Waals surface area contributed by atoms with Crippen LogP contribution in [0.15, 0.2) is 22.7 Å². The standard InChI is InChI=1S/C11H10BrFN2O2/c12-8-5-7(1-2-9(8)13)11(17)15-4-3-14-10(16)6-15/h1-2,5H,3-4,6H2,(H,14,16). The largest absolute Gasteiger partial charge is 0.353 e. The van der Waals surface area contributed by atoms with Crippen LogP contribution >= 0.6 is 15.9 Å². The summed E-state index contributed by atoms with van der Waals surface area (Å²) in [4.78, 5) is 24.6. The van der Waals surface area contributed by atoms with Gasteiger partial charge in [-0.2, -0.15) is 0 Å². The van der Waals surface area contributed by atoms with Crippen LogP contribution in [0.2, 0.25) is 0 Å². The molecule has 0 bridgehead atoms. The minimum Gasteiger partial charge on any atom is -0.353 e. The first-order chi connectivity index (χ1) is 8.08. The van der Waals surface area contributed by atoms with Gasteiger partial charge in [0, 0.05) is 18.7 Å². The van der Waals surface area contributed by atoms with E-state index >= 15 is 0 Å². The molecular formula is C11H10BrFN2O2. The van der Waals surface area contributed by atoms with Gasteiger partial charge in [0.15, 0.2) is 0 Å². The van der Waals surface area contributed by atoms with Crippen LogP contribution < -0.4 is 5.32 Å². The van der Waals surface area contributed by atoms with Gasteiger partial charge < -0.3 is 10.2 Å². The monoisotopic (exact) mass is 300 g/mol. The maximum absolute atomic E-state index is 13.0. The molecule has 90 valence electrons. The van der Waals surface area contributed by atoms with E-state index in [1.165, 1.54) is 23.1 Å². The van der Waals surface area contributed by atoms with Crippen LogP contribution in [0.1, 0.15) is 10.4 Å². The Kier molecular flexibility index (Phi) is 3.42. The fraction of sp³-hybridized carbons (Fsp3) is 0.273. The van der Waals surface area contributed by atoms with E-state index in [0.717, 1.165) is 0 Å². The van der Waals surface area contributed by atoms with Crippen LogP contribution in [0, 0.1) is 5.82 Å². The van der Waals surface area contributed by atoms with E-state index in [1.54, 1.807) is 0 Å². The van der Waals surface area contributed by atoms with Crippen molar-refractivity contribution in [2.75, 3.05) is 19.6 Å². The molecule has 1 aromatic rings. The Morgan fingerprint density at radius 2 is 2.24 bits per heavy atom. The normalized spacial score (nSPS) is 15.6. The summed E-state index contributed by atoms with van der Waals surface area (Å²) in [6, 6.07) is 4.06. The molecule has 17 heavy (non-hydrogen) atoms. The lowest BCUT2D eigenvalue weighted by Crippen LogP contribution is -2.49. The summed E-state index contributed by atoms with van der Waals surface area (Å²) in [5.41, 5.74) is 0.368. The number of halogens is 2. The molecule has 2 amide bonds. The first-order valence-corrected chi connectivity index (χ1v) is 5.88. The predicted octanol–water partition coefficient (Wildman–Crippen LogP) is 1.16. The Morgan fingerprint density at radius 3 is 2.88 bits per heavy atom. The van der Waals surface area contributed by atoms with E-state index in [2.05, 4.69) is 21.2 Å². The van der Waals surface area contributed by atoms with Crippen molar-refractivity contribution in [2.45, 2.75) is 0 Å². The minimum absolute atomic E-state index is 0.0494. The molecule has 0 radical (unpaired) electrons. The molecule has 1 N–H and O–H groups in total. The summed E-state index contributed by atoms with van der Waals surface area (Å²) in [6.45, 7) is 0.973. The van der Waals surface area contributed by atoms with E-state index in [1.807, 2.05) is 0 Å². The fourth-order valence-electron chi connectivity index (χ4n) is 1.62. The third kappa shape index (κ3) is 2.63. The maximum atomic E-state index is 13.0. The number of amides is 2. The van der Waals surface area contributed by atoms with Crippen molar-refractivity contribution in [3.05, 3.63) is 34.1 Å². The van der Waals surface area contributed by atoms with Crippen LogP contribution in [0.4, 0.5) is 4.39 Å². The number of hydrogen-bond acceptors (Lipinski definition) is 2. The molecular weight excluding hydrogens is 291 g/mol. The summed E-state index contributed by atoms with van der Waals surface area (Å²) >= 11 is 3.03. The molecule has 0 atom stereocenters. The molecule has 0 spiro atoms. The highest BCUT2D eigenvalue weighted by Crippen LogP contribution is 2.18. The number of benzene rings is 1. The van der Waals surface area contributed by atoms with Gasteiger partial charge in [0.1, 0.15) is 5.82 Å². The molecule has 1 aromatic carbocycles. The Labute approximate surface area is 106 Å². The number of hydrogen-bond donors (Lipinski definition) is 1. The quantitative estimate of drug-likeness (QED) is 0.846. The van der Waals surface area contributed by atoms with Crippen molar-refractivity contribution in [3.8, 4) is 0 Å². The molecule has 1 heterocycles. The van der Waals surface area contributed by atoms with Crippen molar-refractivity contribution in [1.29, 1.82) is 0 Å². The van der Waals surface area contributed by atoms with Gasteiger partial charge in [0.25, 0.3) is 5.91 Å². The van der Waals surface area contributed by atoms with Crippen LogP contribution in [-0.4, -0.2) is 36.3 Å². The zero-order valence-corrected chi connectivity index (χ0v) is 10.5. The van der Waals surface area contributed by atoms with Gasteiger partial charge in [0.2, 0.25) is 5.91 Å². The lowest BCUT2D eigenvalue weighted by molar-refractivity contribution is -0.123. The van der Waals surface area contributed by atoms with Gasteiger partial charge >= 0.3 is 0 Å². The molecule has 1 aliphatic heterocycles. The lowest BCUT2D eigenvalue weighted by atomic mass is 10.2. The molecule has 1 aliphatic rings. The zero-order chi connectivity index (χ0) is 12.4. The van der Waals surface area contributed by atoms with Gasteiger partial charge in [-0.25, -0.2) is 4.39 Å². The molecule has 1 fully saturated rings. The molecule has 4 nitrogen and oxygen atoms in total. The number of nitrogens with one attached hydrogen (secondary N) is 1. The average Bonchev–Trinajstić information content (AvgIpc) is 2.32. The first kappa shape index (κ1) is 12.0. The average molecular weight is 301 g/mol. The van der Waals surface area contributed by atoms with E-state index in [0.29, 0.717) is 18.7 Å². The fourth-order valence-corrected chi connectivity index (χ4v) is 2.00. The molecule has 6 heteroatoms. The van der Waals surface area contributed by atoms with E-state index in [-0.39, 0.29) is 22.8 Å². The van der Waals surface area contributed by atoms with E-state index < -0.39 is 5.82 Å². The van der Waals surface area contributed by atoms with Crippen molar-refractivity contribution in [3.63, 3.8) is 0 Å². The smallest absolute Gasteiger partial charge is 0.254 e. The highest BCUT2D eigenvalue weighted by molar-refractivity contribution is 9.10. The lowest BCUT2D eigenvalue weighted by Gasteiger charge is -2.26. The maximum Gasteiger partial charge on any atom is 0.254 e. The number of carbonyl (C=O) groups excluding carboxylic acids is 2. The van der Waals surface area contributed by atoms with Crippen LogP contribution in [-0.2, 0) is 4.79 Å². The molecule has 0 unspecified atom stereocenters.